The summed E-state index contributed by atoms with van der Waals surface area (Å²) in [6, 6.07) is 14.0. The Morgan fingerprint density at radius 2 is 2.10 bits per heavy atom. The third-order valence-electron chi connectivity index (χ3n) is 3.52. The van der Waals surface area contributed by atoms with Crippen molar-refractivity contribution in [2.45, 2.75) is 6.04 Å². The molecule has 0 radical (unpaired) electrons. The van der Waals surface area contributed by atoms with Crippen molar-refractivity contribution in [2.75, 3.05) is 26.3 Å². The van der Waals surface area contributed by atoms with E-state index in [0.717, 1.165) is 23.9 Å². The summed E-state index contributed by atoms with van der Waals surface area (Å²) in [6.45, 7) is 2.83. The number of morpholine rings is 1. The maximum absolute atomic E-state index is 12.2. The zero-order chi connectivity index (χ0) is 13.8. The highest BCUT2D eigenvalue weighted by Gasteiger charge is 2.14. The van der Waals surface area contributed by atoms with Gasteiger partial charge in [-0.3, -0.25) is 4.79 Å². The highest BCUT2D eigenvalue weighted by Crippen LogP contribution is 2.15. The Balaban J connectivity index is 1.65. The van der Waals surface area contributed by atoms with Crippen LogP contribution in [0.5, 0.6) is 0 Å². The van der Waals surface area contributed by atoms with Gasteiger partial charge in [0.15, 0.2) is 0 Å². The molecular formula is C16H18N2O2. The molecule has 0 spiro atoms. The first kappa shape index (κ1) is 13.1. The van der Waals surface area contributed by atoms with E-state index in [-0.39, 0.29) is 11.9 Å². The van der Waals surface area contributed by atoms with Gasteiger partial charge in [-0.25, -0.2) is 0 Å². The summed E-state index contributed by atoms with van der Waals surface area (Å²) in [5, 5.41) is 8.50. The standard InChI is InChI=1S/C16H18N2O2/c19-16(18-10-15-11-20-8-7-17-15)14-6-5-12-3-1-2-4-13(12)9-14/h1-6,9,15,17H,7-8,10-11H2,(H,18,19). The maximum atomic E-state index is 12.2. The number of carbonyl (C=O) groups excluding carboxylic acids is 1. The average Bonchev–Trinajstić information content (AvgIpc) is 2.53. The Labute approximate surface area is 118 Å². The molecule has 3 rings (SSSR count). The Bertz CT molecular complexity index is 606. The zero-order valence-corrected chi connectivity index (χ0v) is 11.3. The van der Waals surface area contributed by atoms with Gasteiger partial charge in [-0.1, -0.05) is 30.3 Å². The summed E-state index contributed by atoms with van der Waals surface area (Å²) in [4.78, 5) is 12.2. The number of rotatable bonds is 3. The second kappa shape index (κ2) is 6.03. The number of benzene rings is 2. The van der Waals surface area contributed by atoms with Gasteiger partial charge < -0.3 is 15.4 Å². The van der Waals surface area contributed by atoms with Crippen molar-refractivity contribution in [3.63, 3.8) is 0 Å². The molecule has 2 aromatic carbocycles. The summed E-state index contributed by atoms with van der Waals surface area (Å²) in [6.07, 6.45) is 0. The van der Waals surface area contributed by atoms with Crippen LogP contribution in [0.25, 0.3) is 10.8 Å². The van der Waals surface area contributed by atoms with E-state index in [9.17, 15) is 4.79 Å². The molecule has 104 valence electrons. The van der Waals surface area contributed by atoms with Gasteiger partial charge in [-0.05, 0) is 22.9 Å². The third-order valence-corrected chi connectivity index (χ3v) is 3.52. The van der Waals surface area contributed by atoms with Gasteiger partial charge in [-0.2, -0.15) is 0 Å². The molecule has 0 aliphatic carbocycles. The van der Waals surface area contributed by atoms with E-state index < -0.39 is 0 Å². The number of carbonyl (C=O) groups is 1. The average molecular weight is 270 g/mol. The molecule has 1 aliphatic rings. The largest absolute Gasteiger partial charge is 0.378 e. The van der Waals surface area contributed by atoms with Crippen LogP contribution in [0.4, 0.5) is 0 Å². The van der Waals surface area contributed by atoms with E-state index in [1.807, 2.05) is 42.5 Å². The van der Waals surface area contributed by atoms with Crippen molar-refractivity contribution < 1.29 is 9.53 Å². The predicted molar refractivity (Wildman–Crippen MR) is 78.9 cm³/mol. The van der Waals surface area contributed by atoms with E-state index in [0.29, 0.717) is 18.7 Å². The second-order valence-electron chi connectivity index (χ2n) is 5.00. The van der Waals surface area contributed by atoms with Gasteiger partial charge in [0.05, 0.1) is 13.2 Å². The molecule has 0 saturated carbocycles. The minimum absolute atomic E-state index is 0.0388. The molecule has 4 heteroatoms. The Morgan fingerprint density at radius 1 is 1.25 bits per heavy atom. The molecular weight excluding hydrogens is 252 g/mol. The third kappa shape index (κ3) is 2.98. The summed E-state index contributed by atoms with van der Waals surface area (Å²) in [5.41, 5.74) is 0.695. The van der Waals surface area contributed by atoms with E-state index in [2.05, 4.69) is 10.6 Å². The quantitative estimate of drug-likeness (QED) is 0.890. The van der Waals surface area contributed by atoms with Crippen molar-refractivity contribution in [1.82, 2.24) is 10.6 Å². The van der Waals surface area contributed by atoms with Gasteiger partial charge in [-0.15, -0.1) is 0 Å². The van der Waals surface area contributed by atoms with Gasteiger partial charge in [0.25, 0.3) is 5.91 Å². The number of hydrogen-bond acceptors (Lipinski definition) is 3. The summed E-state index contributed by atoms with van der Waals surface area (Å²) in [5.74, 6) is -0.0388. The molecule has 1 atom stereocenters. The Hall–Kier alpha value is -1.91. The van der Waals surface area contributed by atoms with Crippen LogP contribution in [0, 0.1) is 0 Å². The monoisotopic (exact) mass is 270 g/mol. The molecule has 2 aromatic rings. The number of hydrogen-bond donors (Lipinski definition) is 2. The second-order valence-corrected chi connectivity index (χ2v) is 5.00. The SMILES string of the molecule is O=C(NCC1COCCN1)c1ccc2ccccc2c1. The molecule has 20 heavy (non-hydrogen) atoms. The summed E-state index contributed by atoms with van der Waals surface area (Å²) < 4.78 is 5.36. The smallest absolute Gasteiger partial charge is 0.251 e. The molecule has 0 bridgehead atoms. The minimum atomic E-state index is -0.0388. The molecule has 2 N–H and O–H groups in total. The fourth-order valence-corrected chi connectivity index (χ4v) is 2.40. The molecule has 1 fully saturated rings. The first-order chi connectivity index (χ1) is 9.83. The minimum Gasteiger partial charge on any atom is -0.378 e. The lowest BCUT2D eigenvalue weighted by molar-refractivity contribution is 0.0735. The predicted octanol–water partition coefficient (Wildman–Crippen LogP) is 1.56. The lowest BCUT2D eigenvalue weighted by atomic mass is 10.1. The fraction of sp³-hybridized carbons (Fsp3) is 0.312. The highest BCUT2D eigenvalue weighted by molar-refractivity contribution is 5.98. The van der Waals surface area contributed by atoms with Crippen LogP contribution in [0.1, 0.15) is 10.4 Å². The number of ether oxygens (including phenoxy) is 1. The lowest BCUT2D eigenvalue weighted by Gasteiger charge is -2.23. The Morgan fingerprint density at radius 3 is 2.90 bits per heavy atom. The van der Waals surface area contributed by atoms with Gasteiger partial charge in [0.2, 0.25) is 0 Å². The lowest BCUT2D eigenvalue weighted by Crippen LogP contribution is -2.48. The van der Waals surface area contributed by atoms with Crippen LogP contribution < -0.4 is 10.6 Å². The number of fused-ring (bicyclic) bond motifs is 1. The molecule has 0 aromatic heterocycles. The van der Waals surface area contributed by atoms with Crippen molar-refractivity contribution >= 4 is 16.7 Å². The zero-order valence-electron chi connectivity index (χ0n) is 11.3. The Kier molecular flexibility index (Phi) is 3.95. The molecule has 1 unspecified atom stereocenters. The topological polar surface area (TPSA) is 50.4 Å². The normalized spacial score (nSPS) is 18.9. The van der Waals surface area contributed by atoms with Gasteiger partial charge in [0.1, 0.15) is 0 Å². The van der Waals surface area contributed by atoms with E-state index in [1.165, 1.54) is 0 Å². The van der Waals surface area contributed by atoms with Crippen LogP contribution in [0.15, 0.2) is 42.5 Å². The maximum Gasteiger partial charge on any atom is 0.251 e. The molecule has 1 amide bonds. The van der Waals surface area contributed by atoms with Crippen molar-refractivity contribution in [3.8, 4) is 0 Å². The summed E-state index contributed by atoms with van der Waals surface area (Å²) >= 11 is 0. The van der Waals surface area contributed by atoms with Gasteiger partial charge >= 0.3 is 0 Å². The van der Waals surface area contributed by atoms with Crippen molar-refractivity contribution in [3.05, 3.63) is 48.0 Å². The first-order valence-electron chi connectivity index (χ1n) is 6.91. The van der Waals surface area contributed by atoms with Crippen LogP contribution >= 0.6 is 0 Å². The van der Waals surface area contributed by atoms with Crippen LogP contribution in [0.2, 0.25) is 0 Å². The van der Waals surface area contributed by atoms with Crippen LogP contribution in [0.3, 0.4) is 0 Å². The van der Waals surface area contributed by atoms with E-state index in [4.69, 9.17) is 4.74 Å². The van der Waals surface area contributed by atoms with E-state index in [1.54, 1.807) is 0 Å². The molecule has 1 heterocycles. The number of amides is 1. The molecule has 1 aliphatic heterocycles. The highest BCUT2D eigenvalue weighted by atomic mass is 16.5. The molecule has 1 saturated heterocycles. The van der Waals surface area contributed by atoms with Crippen LogP contribution in [-0.4, -0.2) is 38.3 Å². The first-order valence-corrected chi connectivity index (χ1v) is 6.91. The van der Waals surface area contributed by atoms with Gasteiger partial charge in [0, 0.05) is 24.7 Å². The van der Waals surface area contributed by atoms with Crippen molar-refractivity contribution in [2.24, 2.45) is 0 Å². The fourth-order valence-electron chi connectivity index (χ4n) is 2.40. The number of nitrogens with one attached hydrogen (secondary N) is 2. The summed E-state index contributed by atoms with van der Waals surface area (Å²) in [7, 11) is 0. The van der Waals surface area contributed by atoms with E-state index >= 15 is 0 Å². The van der Waals surface area contributed by atoms with Crippen molar-refractivity contribution in [1.29, 1.82) is 0 Å². The van der Waals surface area contributed by atoms with Crippen LogP contribution in [-0.2, 0) is 4.74 Å². The molecule has 4 nitrogen and oxygen atoms in total.